The van der Waals surface area contributed by atoms with Gasteiger partial charge in [0.1, 0.15) is 0 Å². The van der Waals surface area contributed by atoms with Gasteiger partial charge in [-0.25, -0.2) is 9.97 Å². The van der Waals surface area contributed by atoms with Crippen LogP contribution in [0.4, 0.5) is 11.6 Å². The van der Waals surface area contributed by atoms with Gasteiger partial charge in [0.2, 0.25) is 0 Å². The summed E-state index contributed by atoms with van der Waals surface area (Å²) in [6.07, 6.45) is 7.66. The zero-order chi connectivity index (χ0) is 22.5. The van der Waals surface area contributed by atoms with Crippen molar-refractivity contribution in [1.82, 2.24) is 17.9 Å². The Kier molecular flexibility index (Phi) is 12.4. The molecule has 1 amide bonds. The SMILES string of the molecule is C[N]([Hg])C(N)=NCCCCCCCCCN=C(N)NC(=O)c1nc(Cl)c(N)nc1N. The first-order chi connectivity index (χ1) is 14.2. The summed E-state index contributed by atoms with van der Waals surface area (Å²) in [5, 5.41) is 2.32. The smallest absolute Gasteiger partial charge is 0.382 e. The topological polar surface area (TPSA) is 187 Å². The second-order valence-corrected chi connectivity index (χ2v) is 10.8. The van der Waals surface area contributed by atoms with Gasteiger partial charge in [0.25, 0.3) is 5.91 Å². The van der Waals surface area contributed by atoms with Crippen molar-refractivity contribution in [2.24, 2.45) is 21.5 Å². The average Bonchev–Trinajstić information content (AvgIpc) is 2.68. The minimum atomic E-state index is -0.636. The normalized spacial score (nSPS) is 12.1. The van der Waals surface area contributed by atoms with E-state index in [-0.39, 0.29) is 28.4 Å². The number of nitrogens with one attached hydrogen (secondary N) is 1. The monoisotopic (exact) mass is 627 g/mol. The minimum Gasteiger partial charge on any atom is -0.382 e. The average molecular weight is 627 g/mol. The number of aliphatic imine (C=N–C) groups is 2. The number of unbranched alkanes of at least 4 members (excludes halogenated alkanes) is 6. The first-order valence-corrected chi connectivity index (χ1v) is 12.6. The molecule has 0 aliphatic carbocycles. The molecule has 30 heavy (non-hydrogen) atoms. The molecule has 1 heterocycles. The molecule has 0 aliphatic rings. The number of guanidine groups is 2. The summed E-state index contributed by atoms with van der Waals surface area (Å²) in [7, 11) is 1.97. The maximum absolute atomic E-state index is 12.1. The van der Waals surface area contributed by atoms with E-state index < -0.39 is 5.91 Å². The summed E-state index contributed by atoms with van der Waals surface area (Å²) >= 11 is 6.25. The number of aromatic nitrogens is 2. The van der Waals surface area contributed by atoms with E-state index in [0.29, 0.717) is 38.9 Å². The Hall–Kier alpha value is -1.88. The number of hydrogen-bond acceptors (Lipinski definition) is 7. The van der Waals surface area contributed by atoms with Crippen molar-refractivity contribution in [3.8, 4) is 0 Å². The molecule has 11 nitrogen and oxygen atoms in total. The molecular weight excluding hydrogens is 596 g/mol. The van der Waals surface area contributed by atoms with Crippen LogP contribution < -0.4 is 28.3 Å². The Labute approximate surface area is 198 Å². The Balaban J connectivity index is 2.16. The Morgan fingerprint density at radius 3 is 2.10 bits per heavy atom. The third-order valence-electron chi connectivity index (χ3n) is 4.12. The van der Waals surface area contributed by atoms with Crippen LogP contribution in [0, 0.1) is 0 Å². The molecule has 0 fully saturated rings. The van der Waals surface area contributed by atoms with Crippen LogP contribution in [0.3, 0.4) is 0 Å². The number of carbonyl (C=O) groups excluding carboxylic acids is 1. The number of hydrogen-bond donors (Lipinski definition) is 5. The number of nitrogen functional groups attached to an aromatic ring is 2. The van der Waals surface area contributed by atoms with E-state index in [9.17, 15) is 4.79 Å². The van der Waals surface area contributed by atoms with Gasteiger partial charge in [0, 0.05) is 0 Å². The fourth-order valence-electron chi connectivity index (χ4n) is 2.45. The van der Waals surface area contributed by atoms with Crippen LogP contribution in [0.1, 0.15) is 55.4 Å². The number of nitrogens with two attached hydrogens (primary N) is 4. The van der Waals surface area contributed by atoms with Crippen molar-refractivity contribution in [3.05, 3.63) is 10.8 Å². The van der Waals surface area contributed by atoms with Crippen molar-refractivity contribution in [2.75, 3.05) is 31.6 Å². The van der Waals surface area contributed by atoms with E-state index >= 15 is 0 Å². The predicted octanol–water partition coefficient (Wildman–Crippen LogP) is 0.778. The molecule has 0 unspecified atom stereocenters. The molecule has 0 spiro atoms. The van der Waals surface area contributed by atoms with E-state index in [2.05, 4.69) is 25.3 Å². The zero-order valence-electron chi connectivity index (χ0n) is 17.4. The third kappa shape index (κ3) is 10.2. The van der Waals surface area contributed by atoms with Crippen molar-refractivity contribution in [2.45, 2.75) is 44.9 Å². The molecule has 9 N–H and O–H groups in total. The van der Waals surface area contributed by atoms with Crippen molar-refractivity contribution >= 4 is 41.1 Å². The summed E-state index contributed by atoms with van der Waals surface area (Å²) in [5.74, 6) is -0.157. The summed E-state index contributed by atoms with van der Waals surface area (Å²) in [5.41, 5.74) is 22.5. The van der Waals surface area contributed by atoms with Crippen molar-refractivity contribution < 1.29 is 31.2 Å². The molecule has 0 saturated carbocycles. The number of anilines is 2. The summed E-state index contributed by atoms with van der Waals surface area (Å²) in [4.78, 5) is 28.2. The standard InChI is InChI=1S/C17H31ClN10O.Hg/c1-23-16(21)24-9-7-5-3-2-4-6-8-10-25-17(22)28-15(29)11-13(19)27-14(20)12(18)26-11;/h2-10H2,1H3,(H10,19,20,21,22,23,24,25,27,28,29);/q;+1/p-1. The first-order valence-electron chi connectivity index (χ1n) is 9.76. The maximum atomic E-state index is 12.1. The van der Waals surface area contributed by atoms with Gasteiger partial charge in [-0.05, 0) is 0 Å². The molecule has 13 heteroatoms. The Bertz CT molecular complexity index is 756. The first kappa shape index (κ1) is 26.2. The van der Waals surface area contributed by atoms with Crippen molar-refractivity contribution in [1.29, 1.82) is 0 Å². The molecule has 0 aliphatic heterocycles. The zero-order valence-corrected chi connectivity index (χ0v) is 23.7. The molecule has 0 aromatic carbocycles. The summed E-state index contributed by atoms with van der Waals surface area (Å²) < 4.78 is 2.00. The van der Waals surface area contributed by atoms with Crippen LogP contribution in [0.2, 0.25) is 5.15 Å². The molecule has 1 rings (SSSR count). The van der Waals surface area contributed by atoms with Gasteiger partial charge in [0.05, 0.1) is 0 Å². The predicted molar refractivity (Wildman–Crippen MR) is 116 cm³/mol. The van der Waals surface area contributed by atoms with E-state index in [0.717, 1.165) is 38.6 Å². The van der Waals surface area contributed by atoms with Crippen LogP contribution in [0.15, 0.2) is 9.98 Å². The molecule has 0 atom stereocenters. The second kappa shape index (κ2) is 14.2. The van der Waals surface area contributed by atoms with Crippen LogP contribution in [0.5, 0.6) is 0 Å². The summed E-state index contributed by atoms with van der Waals surface area (Å²) in [6, 6.07) is 0. The summed E-state index contributed by atoms with van der Waals surface area (Å²) in [6.45, 7) is 1.33. The Morgan fingerprint density at radius 2 is 1.53 bits per heavy atom. The Morgan fingerprint density at radius 1 is 1.00 bits per heavy atom. The molecule has 1 aromatic rings. The molecular formula is C17H30ClHgN10O. The molecule has 0 bridgehead atoms. The molecule has 163 valence electrons. The van der Waals surface area contributed by atoms with E-state index in [4.69, 9.17) is 34.5 Å². The van der Waals surface area contributed by atoms with Gasteiger partial charge in [-0.2, -0.15) is 0 Å². The molecule has 0 radical (unpaired) electrons. The van der Waals surface area contributed by atoms with E-state index in [1.54, 1.807) is 0 Å². The van der Waals surface area contributed by atoms with Gasteiger partial charge in [-0.3, -0.25) is 15.1 Å². The van der Waals surface area contributed by atoms with Crippen LogP contribution in [0.25, 0.3) is 0 Å². The van der Waals surface area contributed by atoms with Crippen LogP contribution in [-0.2, 0) is 26.4 Å². The second-order valence-electron chi connectivity index (χ2n) is 6.77. The fourth-order valence-corrected chi connectivity index (χ4v) is 2.96. The van der Waals surface area contributed by atoms with E-state index in [1.807, 2.05) is 9.71 Å². The van der Waals surface area contributed by atoms with Gasteiger partial charge in [0.15, 0.2) is 28.4 Å². The van der Waals surface area contributed by atoms with Crippen LogP contribution >= 0.6 is 11.6 Å². The van der Waals surface area contributed by atoms with Gasteiger partial charge < -0.3 is 17.2 Å². The quantitative estimate of drug-likeness (QED) is 0.103. The number of rotatable bonds is 11. The third-order valence-corrected chi connectivity index (χ3v) is 5.66. The van der Waals surface area contributed by atoms with Gasteiger partial charge >= 0.3 is 111 Å². The fraction of sp³-hybridized carbons (Fsp3) is 0.588. The number of amides is 1. The number of carbonyl (C=O) groups is 1. The minimum absolute atomic E-state index is 0.00423. The molecule has 1 aromatic heterocycles. The van der Waals surface area contributed by atoms with E-state index in [1.165, 1.54) is 12.8 Å². The van der Waals surface area contributed by atoms with Crippen molar-refractivity contribution in [3.63, 3.8) is 0 Å². The van der Waals surface area contributed by atoms with Gasteiger partial charge in [-0.15, -0.1) is 0 Å². The number of nitrogens with zero attached hydrogens (tertiary/aromatic N) is 5. The number of halogens is 1. The van der Waals surface area contributed by atoms with Crippen LogP contribution in [-0.4, -0.2) is 50.6 Å². The molecule has 0 saturated heterocycles. The van der Waals surface area contributed by atoms with Gasteiger partial charge in [-0.1, -0.05) is 11.6 Å².